The van der Waals surface area contributed by atoms with Gasteiger partial charge in [-0.25, -0.2) is 0 Å². The second kappa shape index (κ2) is 8.80. The zero-order valence-corrected chi connectivity index (χ0v) is 14.3. The van der Waals surface area contributed by atoms with Crippen LogP contribution in [-0.2, 0) is 6.42 Å². The van der Waals surface area contributed by atoms with Crippen molar-refractivity contribution in [2.24, 2.45) is 11.8 Å². The Bertz CT molecular complexity index is 401. The van der Waals surface area contributed by atoms with E-state index in [1.165, 1.54) is 44.1 Å². The van der Waals surface area contributed by atoms with E-state index in [2.05, 4.69) is 31.3 Å². The van der Waals surface area contributed by atoms with E-state index in [-0.39, 0.29) is 0 Å². The smallest absolute Gasteiger partial charge is 0.0406 e. The minimum Gasteiger partial charge on any atom is -0.313 e. The summed E-state index contributed by atoms with van der Waals surface area (Å²) in [5, 5.41) is 4.65. The molecule has 0 radical (unpaired) electrons. The molecule has 1 aromatic rings. The van der Waals surface area contributed by atoms with Gasteiger partial charge in [0, 0.05) is 11.1 Å². The van der Waals surface area contributed by atoms with Crippen LogP contribution < -0.4 is 5.32 Å². The van der Waals surface area contributed by atoms with E-state index >= 15 is 0 Å². The summed E-state index contributed by atoms with van der Waals surface area (Å²) in [4.78, 5) is 0. The van der Waals surface area contributed by atoms with Crippen LogP contribution in [0.3, 0.4) is 0 Å². The summed E-state index contributed by atoms with van der Waals surface area (Å²) in [6, 6.07) is 9.03. The molecule has 1 aromatic carbocycles. The number of benzene rings is 1. The molecule has 1 aliphatic rings. The highest BCUT2D eigenvalue weighted by Gasteiger charge is 2.27. The van der Waals surface area contributed by atoms with Crippen LogP contribution in [0.2, 0.25) is 5.02 Å². The van der Waals surface area contributed by atoms with Gasteiger partial charge >= 0.3 is 0 Å². The fraction of sp³-hybridized carbons (Fsp3) is 0.684. The average Bonchev–Trinajstić information content (AvgIpc) is 2.53. The summed E-state index contributed by atoms with van der Waals surface area (Å²) in [5.41, 5.74) is 1.41. The molecule has 3 atom stereocenters. The van der Waals surface area contributed by atoms with Crippen molar-refractivity contribution in [3.63, 3.8) is 0 Å². The predicted octanol–water partition coefficient (Wildman–Crippen LogP) is 5.47. The Kier molecular flexibility index (Phi) is 7.06. The molecule has 0 aliphatic heterocycles. The largest absolute Gasteiger partial charge is 0.313 e. The third-order valence-electron chi connectivity index (χ3n) is 5.00. The molecule has 0 heterocycles. The number of hydrogen-bond acceptors (Lipinski definition) is 1. The minimum atomic E-state index is 0.625. The van der Waals surface area contributed by atoms with Crippen molar-refractivity contribution in [3.05, 3.63) is 34.9 Å². The third-order valence-corrected chi connectivity index (χ3v) is 5.25. The zero-order chi connectivity index (χ0) is 15.1. The lowest BCUT2D eigenvalue weighted by Gasteiger charge is -2.35. The summed E-state index contributed by atoms with van der Waals surface area (Å²) in [6.07, 6.45) is 9.34. The number of hydrogen-bond donors (Lipinski definition) is 1. The van der Waals surface area contributed by atoms with Gasteiger partial charge in [-0.15, -0.1) is 0 Å². The molecule has 0 aromatic heterocycles. The molecule has 3 unspecified atom stereocenters. The van der Waals surface area contributed by atoms with Crippen LogP contribution in [0.4, 0.5) is 0 Å². The van der Waals surface area contributed by atoms with Gasteiger partial charge in [0.05, 0.1) is 0 Å². The van der Waals surface area contributed by atoms with Crippen molar-refractivity contribution in [2.75, 3.05) is 6.54 Å². The topological polar surface area (TPSA) is 12.0 Å². The molecule has 1 aliphatic carbocycles. The molecule has 0 saturated heterocycles. The molecule has 2 heteroatoms. The highest BCUT2D eigenvalue weighted by atomic mass is 35.5. The Morgan fingerprint density at radius 3 is 2.62 bits per heavy atom. The Labute approximate surface area is 135 Å². The molecule has 1 saturated carbocycles. The number of rotatable bonds is 7. The summed E-state index contributed by atoms with van der Waals surface area (Å²) < 4.78 is 0. The summed E-state index contributed by atoms with van der Waals surface area (Å²) in [5.74, 6) is 1.78. The quantitative estimate of drug-likeness (QED) is 0.704. The lowest BCUT2D eigenvalue weighted by atomic mass is 9.75. The first-order valence-electron chi connectivity index (χ1n) is 8.70. The Balaban J connectivity index is 2.00. The Morgan fingerprint density at radius 2 is 1.95 bits per heavy atom. The lowest BCUT2D eigenvalue weighted by molar-refractivity contribution is 0.207. The molecule has 118 valence electrons. The molecule has 0 spiro atoms. The number of nitrogens with one attached hydrogen (secondary N) is 1. The highest BCUT2D eigenvalue weighted by Crippen LogP contribution is 2.34. The lowest BCUT2D eigenvalue weighted by Crippen LogP contribution is -2.40. The van der Waals surface area contributed by atoms with E-state index in [0.717, 1.165) is 29.8 Å². The van der Waals surface area contributed by atoms with Crippen molar-refractivity contribution < 1.29 is 0 Å². The van der Waals surface area contributed by atoms with Crippen molar-refractivity contribution in [1.82, 2.24) is 5.32 Å². The maximum absolute atomic E-state index is 6.00. The fourth-order valence-corrected chi connectivity index (χ4v) is 3.80. The van der Waals surface area contributed by atoms with Gasteiger partial charge in [-0.3, -0.25) is 0 Å². The Morgan fingerprint density at radius 1 is 1.19 bits per heavy atom. The van der Waals surface area contributed by atoms with Crippen LogP contribution in [0.5, 0.6) is 0 Å². The van der Waals surface area contributed by atoms with Gasteiger partial charge in [0.15, 0.2) is 0 Å². The second-order valence-electron chi connectivity index (χ2n) is 6.59. The van der Waals surface area contributed by atoms with Gasteiger partial charge in [0.25, 0.3) is 0 Å². The molecule has 1 N–H and O–H groups in total. The molecule has 1 fully saturated rings. The van der Waals surface area contributed by atoms with Crippen LogP contribution in [-0.4, -0.2) is 12.6 Å². The summed E-state index contributed by atoms with van der Waals surface area (Å²) in [7, 11) is 0. The molecule has 0 amide bonds. The van der Waals surface area contributed by atoms with Gasteiger partial charge < -0.3 is 5.32 Å². The average molecular weight is 308 g/mol. The first kappa shape index (κ1) is 16.8. The molecule has 0 bridgehead atoms. The minimum absolute atomic E-state index is 0.625. The van der Waals surface area contributed by atoms with Crippen LogP contribution in [0.1, 0.15) is 57.9 Å². The Hall–Kier alpha value is -0.530. The standard InChI is InChI=1S/C19H30ClN/c1-3-12-21-19(14-16-8-10-18(20)11-9-16)17-7-5-6-15(4-2)13-17/h8-11,15,17,19,21H,3-7,12-14H2,1-2H3. The zero-order valence-electron chi connectivity index (χ0n) is 13.6. The van der Waals surface area contributed by atoms with Crippen LogP contribution in [0, 0.1) is 11.8 Å². The molecule has 1 nitrogen and oxygen atoms in total. The van der Waals surface area contributed by atoms with Crippen molar-refractivity contribution >= 4 is 11.6 Å². The molecule has 21 heavy (non-hydrogen) atoms. The van der Waals surface area contributed by atoms with E-state index < -0.39 is 0 Å². The van der Waals surface area contributed by atoms with Gasteiger partial charge in [0.1, 0.15) is 0 Å². The maximum atomic E-state index is 6.00. The van der Waals surface area contributed by atoms with E-state index in [9.17, 15) is 0 Å². The van der Waals surface area contributed by atoms with E-state index in [1.54, 1.807) is 0 Å². The van der Waals surface area contributed by atoms with Gasteiger partial charge in [-0.05, 0) is 61.8 Å². The molecular formula is C19H30ClN. The van der Waals surface area contributed by atoms with Crippen molar-refractivity contribution in [3.8, 4) is 0 Å². The maximum Gasteiger partial charge on any atom is 0.0406 e. The van der Waals surface area contributed by atoms with Gasteiger partial charge in [-0.2, -0.15) is 0 Å². The number of halogens is 1. The predicted molar refractivity (Wildman–Crippen MR) is 93.0 cm³/mol. The SMILES string of the molecule is CCCNC(Cc1ccc(Cl)cc1)C1CCCC(CC)C1. The van der Waals surface area contributed by atoms with Crippen LogP contribution >= 0.6 is 11.6 Å². The first-order valence-corrected chi connectivity index (χ1v) is 9.08. The van der Waals surface area contributed by atoms with Crippen molar-refractivity contribution in [1.29, 1.82) is 0 Å². The normalized spacial score (nSPS) is 24.0. The van der Waals surface area contributed by atoms with Crippen LogP contribution in [0.25, 0.3) is 0 Å². The van der Waals surface area contributed by atoms with E-state index in [4.69, 9.17) is 11.6 Å². The fourth-order valence-electron chi connectivity index (χ4n) is 3.68. The van der Waals surface area contributed by atoms with Crippen LogP contribution in [0.15, 0.2) is 24.3 Å². The molecule has 2 rings (SSSR count). The summed E-state index contributed by atoms with van der Waals surface area (Å²) in [6.45, 7) is 5.73. The van der Waals surface area contributed by atoms with Crippen molar-refractivity contribution in [2.45, 2.75) is 64.8 Å². The van der Waals surface area contributed by atoms with Gasteiger partial charge in [0.2, 0.25) is 0 Å². The highest BCUT2D eigenvalue weighted by molar-refractivity contribution is 6.30. The monoisotopic (exact) mass is 307 g/mol. The second-order valence-corrected chi connectivity index (χ2v) is 7.03. The van der Waals surface area contributed by atoms with E-state index in [0.29, 0.717) is 6.04 Å². The first-order chi connectivity index (χ1) is 10.2. The third kappa shape index (κ3) is 5.30. The molecular weight excluding hydrogens is 278 g/mol. The van der Waals surface area contributed by atoms with E-state index in [1.807, 2.05) is 12.1 Å². The summed E-state index contributed by atoms with van der Waals surface area (Å²) >= 11 is 6.00. The van der Waals surface area contributed by atoms with Gasteiger partial charge in [-0.1, -0.05) is 56.8 Å².